The molecule has 0 amide bonds. The Hall–Kier alpha value is -1.79. The summed E-state index contributed by atoms with van der Waals surface area (Å²) in [6, 6.07) is 6.95. The normalized spacial score (nSPS) is 11.0. The number of benzene rings is 2. The van der Waals surface area contributed by atoms with E-state index in [4.69, 9.17) is 11.6 Å². The molecule has 0 atom stereocenters. The molecule has 1 aromatic heterocycles. The molecule has 3 aromatic rings. The van der Waals surface area contributed by atoms with E-state index in [0.717, 1.165) is 16.8 Å². The van der Waals surface area contributed by atoms with Crippen LogP contribution in [0.1, 0.15) is 0 Å². The molecule has 0 fully saturated rings. The Morgan fingerprint density at radius 1 is 1.05 bits per heavy atom. The molecule has 0 radical (unpaired) electrons. The number of hydrogen-bond acceptors (Lipinski definition) is 3. The minimum absolute atomic E-state index is 0.0894. The quantitative estimate of drug-likeness (QED) is 0.665. The zero-order valence-corrected chi connectivity index (χ0v) is 11.3. The number of anilines is 2. The van der Waals surface area contributed by atoms with E-state index in [9.17, 15) is 13.2 Å². The summed E-state index contributed by atoms with van der Waals surface area (Å²) in [5.74, 6) is -4.00. The van der Waals surface area contributed by atoms with Crippen molar-refractivity contribution in [3.63, 3.8) is 0 Å². The highest BCUT2D eigenvalue weighted by atomic mass is 35.5. The molecule has 2 aromatic carbocycles. The molecule has 0 aliphatic heterocycles. The van der Waals surface area contributed by atoms with Crippen molar-refractivity contribution >= 4 is 44.0 Å². The van der Waals surface area contributed by atoms with E-state index in [0.29, 0.717) is 15.7 Å². The molecule has 0 unspecified atom stereocenters. The van der Waals surface area contributed by atoms with Gasteiger partial charge in [-0.2, -0.15) is 0 Å². The predicted molar refractivity (Wildman–Crippen MR) is 74.2 cm³/mol. The van der Waals surface area contributed by atoms with Gasteiger partial charge in [-0.1, -0.05) is 22.9 Å². The lowest BCUT2D eigenvalue weighted by Crippen LogP contribution is -1.95. The van der Waals surface area contributed by atoms with Crippen LogP contribution < -0.4 is 5.32 Å². The number of nitrogens with one attached hydrogen (secondary N) is 1. The van der Waals surface area contributed by atoms with Crippen molar-refractivity contribution in [2.45, 2.75) is 0 Å². The first-order valence-electron chi connectivity index (χ1n) is 5.50. The molecule has 0 saturated heterocycles. The summed E-state index contributed by atoms with van der Waals surface area (Å²) < 4.78 is 40.0. The Kier molecular flexibility index (Phi) is 3.27. The van der Waals surface area contributed by atoms with Crippen LogP contribution in [-0.2, 0) is 0 Å². The number of aromatic nitrogens is 1. The summed E-state index contributed by atoms with van der Waals surface area (Å²) in [5, 5.41) is 3.73. The summed E-state index contributed by atoms with van der Waals surface area (Å²) in [7, 11) is 0. The Labute approximate surface area is 120 Å². The maximum atomic E-state index is 13.1. The van der Waals surface area contributed by atoms with Crippen LogP contribution in [0.15, 0.2) is 30.3 Å². The van der Waals surface area contributed by atoms with Crippen molar-refractivity contribution in [2.24, 2.45) is 0 Å². The van der Waals surface area contributed by atoms with E-state index in [-0.39, 0.29) is 5.69 Å². The molecule has 1 heterocycles. The predicted octanol–water partition coefficient (Wildman–Crippen LogP) is 5.11. The lowest BCUT2D eigenvalue weighted by Gasteiger charge is -2.03. The first kappa shape index (κ1) is 13.2. The first-order chi connectivity index (χ1) is 9.52. The molecule has 0 saturated carbocycles. The van der Waals surface area contributed by atoms with Gasteiger partial charge >= 0.3 is 0 Å². The van der Waals surface area contributed by atoms with E-state index < -0.39 is 17.5 Å². The number of rotatable bonds is 2. The Bertz CT molecular complexity index is 780. The smallest absolute Gasteiger partial charge is 0.194 e. The number of nitrogens with zero attached hydrogens (tertiary/aromatic N) is 1. The van der Waals surface area contributed by atoms with Crippen molar-refractivity contribution in [3.8, 4) is 0 Å². The van der Waals surface area contributed by atoms with Crippen molar-refractivity contribution in [1.29, 1.82) is 0 Å². The van der Waals surface area contributed by atoms with Gasteiger partial charge in [-0.25, -0.2) is 18.2 Å². The molecule has 0 bridgehead atoms. The number of halogens is 4. The zero-order chi connectivity index (χ0) is 14.3. The van der Waals surface area contributed by atoms with E-state index in [2.05, 4.69) is 10.3 Å². The van der Waals surface area contributed by atoms with E-state index in [1.165, 1.54) is 11.3 Å². The third-order valence-corrected chi connectivity index (χ3v) is 3.77. The minimum atomic E-state index is -1.49. The van der Waals surface area contributed by atoms with Crippen LogP contribution in [0.4, 0.5) is 24.0 Å². The summed E-state index contributed by atoms with van der Waals surface area (Å²) in [4.78, 5) is 4.23. The number of fused-ring (bicyclic) bond motifs is 1. The average Bonchev–Trinajstić information content (AvgIpc) is 2.77. The van der Waals surface area contributed by atoms with Crippen molar-refractivity contribution < 1.29 is 13.2 Å². The molecular formula is C13H6ClF3N2S. The van der Waals surface area contributed by atoms with Gasteiger partial charge in [0.2, 0.25) is 0 Å². The van der Waals surface area contributed by atoms with Gasteiger partial charge in [-0.3, -0.25) is 0 Å². The van der Waals surface area contributed by atoms with Gasteiger partial charge in [0, 0.05) is 22.8 Å². The molecule has 1 N–H and O–H groups in total. The largest absolute Gasteiger partial charge is 0.331 e. The topological polar surface area (TPSA) is 24.9 Å². The van der Waals surface area contributed by atoms with E-state index in [1.807, 2.05) is 0 Å². The van der Waals surface area contributed by atoms with Crippen LogP contribution in [0.3, 0.4) is 0 Å². The summed E-state index contributed by atoms with van der Waals surface area (Å²) in [5.41, 5.74) is 0.764. The SMILES string of the molecule is Fc1cc(Nc2nc3cc(Cl)ccc3s2)cc(F)c1F. The van der Waals surface area contributed by atoms with Crippen molar-refractivity contribution in [2.75, 3.05) is 5.32 Å². The highest BCUT2D eigenvalue weighted by Gasteiger charge is 2.12. The molecule has 0 spiro atoms. The maximum Gasteiger partial charge on any atom is 0.194 e. The number of hydrogen-bond donors (Lipinski definition) is 1. The van der Waals surface area contributed by atoms with Gasteiger partial charge in [0.1, 0.15) is 0 Å². The number of thiazole rings is 1. The summed E-state index contributed by atoms with van der Waals surface area (Å²) in [6.45, 7) is 0. The molecular weight excluding hydrogens is 309 g/mol. The van der Waals surface area contributed by atoms with E-state index >= 15 is 0 Å². The lowest BCUT2D eigenvalue weighted by atomic mass is 10.3. The van der Waals surface area contributed by atoms with Crippen LogP contribution in [0, 0.1) is 17.5 Å². The molecule has 20 heavy (non-hydrogen) atoms. The van der Waals surface area contributed by atoms with Crippen LogP contribution in [0.2, 0.25) is 5.02 Å². The molecule has 2 nitrogen and oxygen atoms in total. The van der Waals surface area contributed by atoms with Crippen LogP contribution in [0.5, 0.6) is 0 Å². The van der Waals surface area contributed by atoms with Gasteiger partial charge in [0.15, 0.2) is 22.6 Å². The summed E-state index contributed by atoms with van der Waals surface area (Å²) >= 11 is 7.15. The van der Waals surface area contributed by atoms with Crippen LogP contribution >= 0.6 is 22.9 Å². The first-order valence-corrected chi connectivity index (χ1v) is 6.70. The Balaban J connectivity index is 1.96. The second-order valence-corrected chi connectivity index (χ2v) is 5.48. The summed E-state index contributed by atoms with van der Waals surface area (Å²) in [6.07, 6.45) is 0. The Morgan fingerprint density at radius 3 is 2.45 bits per heavy atom. The molecule has 0 aliphatic carbocycles. The fourth-order valence-electron chi connectivity index (χ4n) is 1.71. The molecule has 7 heteroatoms. The second kappa shape index (κ2) is 4.96. The van der Waals surface area contributed by atoms with Gasteiger partial charge in [0.05, 0.1) is 10.2 Å². The van der Waals surface area contributed by atoms with Crippen LogP contribution in [-0.4, -0.2) is 4.98 Å². The van der Waals surface area contributed by atoms with Gasteiger partial charge in [-0.15, -0.1) is 0 Å². The van der Waals surface area contributed by atoms with Gasteiger partial charge in [0.25, 0.3) is 0 Å². The van der Waals surface area contributed by atoms with Gasteiger partial charge in [-0.05, 0) is 18.2 Å². The lowest BCUT2D eigenvalue weighted by molar-refractivity contribution is 0.448. The monoisotopic (exact) mass is 314 g/mol. The fourth-order valence-corrected chi connectivity index (χ4v) is 2.74. The Morgan fingerprint density at radius 2 is 1.75 bits per heavy atom. The minimum Gasteiger partial charge on any atom is -0.331 e. The zero-order valence-electron chi connectivity index (χ0n) is 9.75. The highest BCUT2D eigenvalue weighted by molar-refractivity contribution is 7.22. The van der Waals surface area contributed by atoms with Gasteiger partial charge < -0.3 is 5.32 Å². The molecule has 102 valence electrons. The third-order valence-electron chi connectivity index (χ3n) is 2.58. The average molecular weight is 315 g/mol. The second-order valence-electron chi connectivity index (χ2n) is 4.01. The van der Waals surface area contributed by atoms with Crippen LogP contribution in [0.25, 0.3) is 10.2 Å². The van der Waals surface area contributed by atoms with Crippen molar-refractivity contribution in [3.05, 3.63) is 52.8 Å². The van der Waals surface area contributed by atoms with Crippen molar-refractivity contribution in [1.82, 2.24) is 4.98 Å². The standard InChI is InChI=1S/C13H6ClF3N2S/c14-6-1-2-11-10(3-6)19-13(20-11)18-7-4-8(15)12(17)9(16)5-7/h1-5H,(H,18,19). The molecule has 3 rings (SSSR count). The maximum absolute atomic E-state index is 13.1. The van der Waals surface area contributed by atoms with E-state index in [1.54, 1.807) is 18.2 Å². The third kappa shape index (κ3) is 2.44. The highest BCUT2D eigenvalue weighted by Crippen LogP contribution is 2.30. The molecule has 0 aliphatic rings. The fraction of sp³-hybridized carbons (Fsp3) is 0.